The van der Waals surface area contributed by atoms with E-state index in [4.69, 9.17) is 4.74 Å². The minimum Gasteiger partial charge on any atom is -0.501 e. The molecule has 0 unspecified atom stereocenters. The summed E-state index contributed by atoms with van der Waals surface area (Å²) < 4.78 is 5.48. The van der Waals surface area contributed by atoms with E-state index in [1.165, 1.54) is 19.3 Å². The molecule has 0 aliphatic heterocycles. The van der Waals surface area contributed by atoms with Crippen LogP contribution in [-0.2, 0) is 9.53 Å². The van der Waals surface area contributed by atoms with E-state index in [0.29, 0.717) is 11.7 Å². The molecule has 2 saturated carbocycles. The summed E-state index contributed by atoms with van der Waals surface area (Å²) in [5.41, 5.74) is 3.44. The fourth-order valence-corrected chi connectivity index (χ4v) is 6.27. The van der Waals surface area contributed by atoms with Crippen LogP contribution >= 0.6 is 0 Å². The Bertz CT molecular complexity index is 556. The Morgan fingerprint density at radius 3 is 2.91 bits per heavy atom. The first-order chi connectivity index (χ1) is 10.7. The number of hydrogen-bond donors (Lipinski definition) is 0. The lowest BCUT2D eigenvalue weighted by atomic mass is 9.53. The van der Waals surface area contributed by atoms with Gasteiger partial charge in [0.05, 0.1) is 12.9 Å². The van der Waals surface area contributed by atoms with Gasteiger partial charge < -0.3 is 4.74 Å². The van der Waals surface area contributed by atoms with E-state index < -0.39 is 0 Å². The normalized spacial score (nSPS) is 40.7. The molecule has 22 heavy (non-hydrogen) atoms. The van der Waals surface area contributed by atoms with Crippen molar-refractivity contribution >= 4 is 5.78 Å². The molecule has 0 spiro atoms. The Morgan fingerprint density at radius 1 is 1.27 bits per heavy atom. The molecule has 2 nitrogen and oxygen atoms in total. The highest BCUT2D eigenvalue weighted by atomic mass is 16.5. The second-order valence-electron chi connectivity index (χ2n) is 7.81. The summed E-state index contributed by atoms with van der Waals surface area (Å²) in [7, 11) is 1.80. The van der Waals surface area contributed by atoms with E-state index in [9.17, 15) is 4.79 Å². The second-order valence-corrected chi connectivity index (χ2v) is 7.81. The van der Waals surface area contributed by atoms with Crippen LogP contribution in [0.2, 0.25) is 0 Å². The molecule has 0 aromatic heterocycles. The quantitative estimate of drug-likeness (QED) is 0.685. The van der Waals surface area contributed by atoms with Crippen LogP contribution in [0.1, 0.15) is 64.7 Å². The van der Waals surface area contributed by atoms with E-state index in [-0.39, 0.29) is 5.41 Å². The Kier molecular flexibility index (Phi) is 3.47. The summed E-state index contributed by atoms with van der Waals surface area (Å²) in [5, 5.41) is 0. The first-order valence-electron chi connectivity index (χ1n) is 9.16. The van der Waals surface area contributed by atoms with Gasteiger partial charge in [0.1, 0.15) is 5.78 Å². The molecule has 120 valence electrons. The van der Waals surface area contributed by atoms with Crippen molar-refractivity contribution in [2.75, 3.05) is 7.11 Å². The molecule has 0 bridgehead atoms. The largest absolute Gasteiger partial charge is 0.501 e. The molecule has 4 aliphatic carbocycles. The smallest absolute Gasteiger partial charge is 0.139 e. The number of ether oxygens (including phenoxy) is 1. The zero-order valence-electron chi connectivity index (χ0n) is 14.0. The first-order valence-corrected chi connectivity index (χ1v) is 9.16. The van der Waals surface area contributed by atoms with Crippen LogP contribution in [0.4, 0.5) is 0 Å². The van der Waals surface area contributed by atoms with Crippen molar-refractivity contribution in [3.8, 4) is 0 Å². The molecule has 4 atom stereocenters. The number of carbonyl (C=O) groups excluding carboxylic acids is 1. The Balaban J connectivity index is 1.63. The fraction of sp³-hybridized carbons (Fsp3) is 0.750. The predicted octanol–water partition coefficient (Wildman–Crippen LogP) is 4.80. The van der Waals surface area contributed by atoms with Gasteiger partial charge in [-0.2, -0.15) is 0 Å². The molecule has 0 aromatic rings. The van der Waals surface area contributed by atoms with E-state index in [1.807, 2.05) is 0 Å². The SMILES string of the molecule is CC[C@@]12CC[C@H]3C4=C(CC[C@@H]3[C@H]1CCC2=O)CC(OC)=CC4. The molecule has 4 rings (SSSR count). The van der Waals surface area contributed by atoms with Crippen molar-refractivity contribution in [1.29, 1.82) is 0 Å². The summed E-state index contributed by atoms with van der Waals surface area (Å²) in [6, 6.07) is 0. The minimum absolute atomic E-state index is 0.0570. The third kappa shape index (κ3) is 1.88. The van der Waals surface area contributed by atoms with Gasteiger partial charge in [-0.1, -0.05) is 18.1 Å². The van der Waals surface area contributed by atoms with Gasteiger partial charge in [0.25, 0.3) is 0 Å². The summed E-state index contributed by atoms with van der Waals surface area (Å²) in [6.07, 6.45) is 12.4. The number of hydrogen-bond acceptors (Lipinski definition) is 2. The molecule has 2 fully saturated rings. The highest BCUT2D eigenvalue weighted by molar-refractivity contribution is 5.87. The van der Waals surface area contributed by atoms with Crippen molar-refractivity contribution in [2.45, 2.75) is 64.7 Å². The van der Waals surface area contributed by atoms with Gasteiger partial charge in [-0.15, -0.1) is 0 Å². The molecule has 4 aliphatic rings. The molecular weight excluding hydrogens is 272 g/mol. The molecule has 0 amide bonds. The van der Waals surface area contributed by atoms with Gasteiger partial charge in [0.2, 0.25) is 0 Å². The third-order valence-corrected chi connectivity index (χ3v) is 7.39. The van der Waals surface area contributed by atoms with E-state index >= 15 is 0 Å². The van der Waals surface area contributed by atoms with Gasteiger partial charge in [-0.05, 0) is 68.8 Å². The van der Waals surface area contributed by atoms with Crippen LogP contribution in [0.15, 0.2) is 23.0 Å². The predicted molar refractivity (Wildman–Crippen MR) is 87.3 cm³/mol. The average molecular weight is 300 g/mol. The summed E-state index contributed by atoms with van der Waals surface area (Å²) in [5.74, 6) is 3.95. The van der Waals surface area contributed by atoms with E-state index in [1.54, 1.807) is 18.3 Å². The molecule has 0 saturated heterocycles. The van der Waals surface area contributed by atoms with Crippen LogP contribution in [0, 0.1) is 23.2 Å². The number of methoxy groups -OCH3 is 1. The van der Waals surface area contributed by atoms with Gasteiger partial charge >= 0.3 is 0 Å². The third-order valence-electron chi connectivity index (χ3n) is 7.39. The second kappa shape index (κ2) is 5.25. The molecule has 0 aromatic carbocycles. The van der Waals surface area contributed by atoms with Gasteiger partial charge in [-0.25, -0.2) is 0 Å². The molecule has 0 heterocycles. The summed E-state index contributed by atoms with van der Waals surface area (Å²) in [4.78, 5) is 12.6. The Morgan fingerprint density at radius 2 is 2.14 bits per heavy atom. The highest BCUT2D eigenvalue weighted by Gasteiger charge is 2.56. The topological polar surface area (TPSA) is 26.3 Å². The van der Waals surface area contributed by atoms with E-state index in [2.05, 4.69) is 13.0 Å². The van der Waals surface area contributed by atoms with Crippen molar-refractivity contribution in [3.05, 3.63) is 23.0 Å². The maximum absolute atomic E-state index is 12.6. The first kappa shape index (κ1) is 14.5. The van der Waals surface area contributed by atoms with Gasteiger partial charge in [-0.3, -0.25) is 4.79 Å². The standard InChI is InChI=1S/C20H28O2/c1-3-20-11-10-16-15-7-5-14(22-2)12-13(15)4-6-17(16)18(20)8-9-19(20)21/h5,16-18H,3-4,6-12H2,1-2H3/t16-,17-,18+,20+/m0/s1. The van der Waals surface area contributed by atoms with Crippen LogP contribution in [0.5, 0.6) is 0 Å². The lowest BCUT2D eigenvalue weighted by molar-refractivity contribution is -0.131. The minimum atomic E-state index is 0.0570. The van der Waals surface area contributed by atoms with Crippen LogP contribution in [0.3, 0.4) is 0 Å². The van der Waals surface area contributed by atoms with Crippen molar-refractivity contribution in [3.63, 3.8) is 0 Å². The molecule has 0 N–H and O–H groups in total. The molecule has 0 radical (unpaired) electrons. The average Bonchev–Trinajstić information content (AvgIpc) is 2.91. The number of ketones is 1. The van der Waals surface area contributed by atoms with Crippen molar-refractivity contribution in [1.82, 2.24) is 0 Å². The Hall–Kier alpha value is -1.05. The zero-order chi connectivity index (χ0) is 15.3. The maximum atomic E-state index is 12.6. The number of allylic oxidation sites excluding steroid dienone is 3. The summed E-state index contributed by atoms with van der Waals surface area (Å²) >= 11 is 0. The number of carbonyl (C=O) groups is 1. The lowest BCUT2D eigenvalue weighted by Gasteiger charge is -2.50. The van der Waals surface area contributed by atoms with Crippen LogP contribution < -0.4 is 0 Å². The van der Waals surface area contributed by atoms with Gasteiger partial charge in [0, 0.05) is 18.3 Å². The number of fused-ring (bicyclic) bond motifs is 4. The van der Waals surface area contributed by atoms with Crippen molar-refractivity contribution < 1.29 is 9.53 Å². The van der Waals surface area contributed by atoms with Crippen molar-refractivity contribution in [2.24, 2.45) is 23.2 Å². The molecular formula is C20H28O2. The van der Waals surface area contributed by atoms with E-state index in [0.717, 1.165) is 56.1 Å². The van der Waals surface area contributed by atoms with Gasteiger partial charge in [0.15, 0.2) is 0 Å². The fourth-order valence-electron chi connectivity index (χ4n) is 6.27. The lowest BCUT2D eigenvalue weighted by Crippen LogP contribution is -2.45. The van der Waals surface area contributed by atoms with Crippen LogP contribution in [0.25, 0.3) is 0 Å². The zero-order valence-corrected chi connectivity index (χ0v) is 14.0. The highest BCUT2D eigenvalue weighted by Crippen LogP contribution is 2.61. The molecule has 2 heteroatoms. The maximum Gasteiger partial charge on any atom is 0.139 e. The monoisotopic (exact) mass is 300 g/mol. The van der Waals surface area contributed by atoms with Crippen LogP contribution in [-0.4, -0.2) is 12.9 Å². The number of rotatable bonds is 2. The number of Topliss-reactive ketones (excluding diaryl/α,β-unsaturated/α-hetero) is 1. The summed E-state index contributed by atoms with van der Waals surface area (Å²) in [6.45, 7) is 2.25. The Labute approximate surface area is 134 Å².